The number of anilines is 1. The third kappa shape index (κ3) is 6.12. The van der Waals surface area contributed by atoms with Crippen molar-refractivity contribution in [3.05, 3.63) is 24.0 Å². The largest absolute Gasteiger partial charge is 0.383 e. The molecule has 1 N–H and O–H groups in total. The van der Waals surface area contributed by atoms with Crippen molar-refractivity contribution in [2.24, 2.45) is 5.92 Å². The summed E-state index contributed by atoms with van der Waals surface area (Å²) in [6.45, 7) is 11.7. The molecule has 0 spiro atoms. The van der Waals surface area contributed by atoms with E-state index in [1.165, 1.54) is 0 Å². The Morgan fingerprint density at radius 2 is 2.10 bits per heavy atom. The van der Waals surface area contributed by atoms with Crippen molar-refractivity contribution >= 4 is 11.6 Å². The monoisotopic (exact) mass is 293 g/mol. The number of hydrogen-bond acceptors (Lipinski definition) is 4. The molecule has 0 unspecified atom stereocenters. The minimum atomic E-state index is -0.0280. The van der Waals surface area contributed by atoms with E-state index in [4.69, 9.17) is 4.74 Å². The smallest absolute Gasteiger partial charge is 0.272 e. The zero-order valence-electron chi connectivity index (χ0n) is 13.6. The summed E-state index contributed by atoms with van der Waals surface area (Å²) in [5.74, 6) is 0.518. The minimum Gasteiger partial charge on any atom is -0.383 e. The van der Waals surface area contributed by atoms with Gasteiger partial charge in [0.25, 0.3) is 5.91 Å². The van der Waals surface area contributed by atoms with Gasteiger partial charge in [0.1, 0.15) is 5.69 Å². The lowest BCUT2D eigenvalue weighted by atomic mass is 10.2. The lowest BCUT2D eigenvalue weighted by Crippen LogP contribution is -2.31. The van der Waals surface area contributed by atoms with Crippen LogP contribution in [-0.2, 0) is 4.74 Å². The SMILES string of the molecule is CCN(CC)C(=O)c1cc(NCCOCC(C)C)ccn1. The van der Waals surface area contributed by atoms with Gasteiger partial charge in [-0.2, -0.15) is 0 Å². The van der Waals surface area contributed by atoms with Crippen molar-refractivity contribution in [2.75, 3.05) is 38.2 Å². The fourth-order valence-electron chi connectivity index (χ4n) is 1.92. The Morgan fingerprint density at radius 3 is 2.71 bits per heavy atom. The van der Waals surface area contributed by atoms with Crippen molar-refractivity contribution in [1.29, 1.82) is 0 Å². The number of rotatable bonds is 9. The maximum Gasteiger partial charge on any atom is 0.272 e. The van der Waals surface area contributed by atoms with E-state index in [1.54, 1.807) is 17.2 Å². The molecule has 0 fully saturated rings. The van der Waals surface area contributed by atoms with Crippen LogP contribution in [0.5, 0.6) is 0 Å². The highest BCUT2D eigenvalue weighted by Crippen LogP contribution is 2.10. The lowest BCUT2D eigenvalue weighted by molar-refractivity contribution is 0.0767. The Labute approximate surface area is 127 Å². The topological polar surface area (TPSA) is 54.5 Å². The quantitative estimate of drug-likeness (QED) is 0.711. The first kappa shape index (κ1) is 17.4. The summed E-state index contributed by atoms with van der Waals surface area (Å²) in [4.78, 5) is 18.1. The van der Waals surface area contributed by atoms with Crippen LogP contribution in [0.2, 0.25) is 0 Å². The lowest BCUT2D eigenvalue weighted by Gasteiger charge is -2.18. The predicted octanol–water partition coefficient (Wildman–Crippen LogP) is 2.65. The molecule has 0 radical (unpaired) electrons. The molecule has 0 aromatic carbocycles. The number of pyridine rings is 1. The third-order valence-corrected chi connectivity index (χ3v) is 3.06. The van der Waals surface area contributed by atoms with Crippen molar-refractivity contribution in [2.45, 2.75) is 27.7 Å². The molecule has 1 rings (SSSR count). The van der Waals surface area contributed by atoms with Crippen molar-refractivity contribution < 1.29 is 9.53 Å². The first-order valence-electron chi connectivity index (χ1n) is 7.65. The summed E-state index contributed by atoms with van der Waals surface area (Å²) < 4.78 is 5.51. The second-order valence-corrected chi connectivity index (χ2v) is 5.30. The molecule has 21 heavy (non-hydrogen) atoms. The molecular weight excluding hydrogens is 266 g/mol. The van der Waals surface area contributed by atoms with E-state index in [0.29, 0.717) is 31.3 Å². The maximum atomic E-state index is 12.2. The normalized spacial score (nSPS) is 10.7. The molecule has 1 aromatic heterocycles. The molecule has 0 atom stereocenters. The number of carbonyl (C=O) groups is 1. The number of ether oxygens (including phenoxy) is 1. The highest BCUT2D eigenvalue weighted by atomic mass is 16.5. The molecular formula is C16H27N3O2. The van der Waals surface area contributed by atoms with Crippen LogP contribution in [0.3, 0.4) is 0 Å². The van der Waals surface area contributed by atoms with Gasteiger partial charge >= 0.3 is 0 Å². The number of hydrogen-bond donors (Lipinski definition) is 1. The van der Waals surface area contributed by atoms with E-state index in [-0.39, 0.29) is 5.91 Å². The van der Waals surface area contributed by atoms with E-state index < -0.39 is 0 Å². The van der Waals surface area contributed by atoms with Gasteiger partial charge in [-0.25, -0.2) is 0 Å². The standard InChI is InChI=1S/C16H27N3O2/c1-5-19(6-2)16(20)15-11-14(7-8-18-15)17-9-10-21-12-13(3)4/h7-8,11,13H,5-6,9-10,12H2,1-4H3,(H,17,18). The fraction of sp³-hybridized carbons (Fsp3) is 0.625. The molecule has 1 amide bonds. The van der Waals surface area contributed by atoms with Gasteiger partial charge in [-0.15, -0.1) is 0 Å². The van der Waals surface area contributed by atoms with E-state index >= 15 is 0 Å². The minimum absolute atomic E-state index is 0.0280. The molecule has 0 saturated carbocycles. The van der Waals surface area contributed by atoms with Crippen LogP contribution in [0.1, 0.15) is 38.2 Å². The Hall–Kier alpha value is -1.62. The molecule has 0 aliphatic rings. The van der Waals surface area contributed by atoms with E-state index in [1.807, 2.05) is 19.9 Å². The molecule has 5 heteroatoms. The van der Waals surface area contributed by atoms with Crippen molar-refractivity contribution in [3.63, 3.8) is 0 Å². The highest BCUT2D eigenvalue weighted by Gasteiger charge is 2.13. The molecule has 0 aliphatic heterocycles. The second kappa shape index (κ2) is 9.34. The molecule has 0 saturated heterocycles. The van der Waals surface area contributed by atoms with Crippen LogP contribution in [0, 0.1) is 5.92 Å². The van der Waals surface area contributed by atoms with Gasteiger partial charge in [-0.05, 0) is 31.9 Å². The van der Waals surface area contributed by atoms with Crippen LogP contribution < -0.4 is 5.32 Å². The van der Waals surface area contributed by atoms with Crippen molar-refractivity contribution in [3.8, 4) is 0 Å². The number of nitrogens with zero attached hydrogens (tertiary/aromatic N) is 2. The first-order valence-corrected chi connectivity index (χ1v) is 7.65. The zero-order valence-corrected chi connectivity index (χ0v) is 13.6. The molecule has 0 bridgehead atoms. The zero-order chi connectivity index (χ0) is 15.7. The summed E-state index contributed by atoms with van der Waals surface area (Å²) >= 11 is 0. The van der Waals surface area contributed by atoms with Gasteiger partial charge in [0.15, 0.2) is 0 Å². The Balaban J connectivity index is 2.50. The average molecular weight is 293 g/mol. The summed E-state index contributed by atoms with van der Waals surface area (Å²) in [6, 6.07) is 3.66. The van der Waals surface area contributed by atoms with Crippen LogP contribution in [0.4, 0.5) is 5.69 Å². The summed E-state index contributed by atoms with van der Waals surface area (Å²) in [7, 11) is 0. The van der Waals surface area contributed by atoms with Gasteiger partial charge in [-0.3, -0.25) is 9.78 Å². The van der Waals surface area contributed by atoms with E-state index in [0.717, 1.165) is 18.8 Å². The van der Waals surface area contributed by atoms with Crippen molar-refractivity contribution in [1.82, 2.24) is 9.88 Å². The Bertz CT molecular complexity index is 431. The Kier molecular flexibility index (Phi) is 7.75. The number of nitrogens with one attached hydrogen (secondary N) is 1. The second-order valence-electron chi connectivity index (χ2n) is 5.30. The third-order valence-electron chi connectivity index (χ3n) is 3.06. The van der Waals surface area contributed by atoms with Gasteiger partial charge in [0.05, 0.1) is 6.61 Å². The maximum absolute atomic E-state index is 12.2. The van der Waals surface area contributed by atoms with Gasteiger partial charge < -0.3 is 15.0 Å². The highest BCUT2D eigenvalue weighted by molar-refractivity contribution is 5.93. The van der Waals surface area contributed by atoms with Gasteiger partial charge in [0, 0.05) is 38.1 Å². The van der Waals surface area contributed by atoms with Crippen LogP contribution in [-0.4, -0.2) is 48.6 Å². The number of carbonyl (C=O) groups excluding carboxylic acids is 1. The van der Waals surface area contributed by atoms with E-state index in [9.17, 15) is 4.79 Å². The van der Waals surface area contributed by atoms with Gasteiger partial charge in [-0.1, -0.05) is 13.8 Å². The molecule has 0 aliphatic carbocycles. The molecule has 5 nitrogen and oxygen atoms in total. The summed E-state index contributed by atoms with van der Waals surface area (Å²) in [5, 5.41) is 3.25. The van der Waals surface area contributed by atoms with Crippen LogP contribution in [0.25, 0.3) is 0 Å². The fourth-order valence-corrected chi connectivity index (χ4v) is 1.92. The molecule has 118 valence electrons. The van der Waals surface area contributed by atoms with Crippen LogP contribution in [0.15, 0.2) is 18.3 Å². The van der Waals surface area contributed by atoms with Gasteiger partial charge in [0.2, 0.25) is 0 Å². The number of amides is 1. The number of aromatic nitrogens is 1. The Morgan fingerprint density at radius 1 is 1.38 bits per heavy atom. The molecule has 1 heterocycles. The summed E-state index contributed by atoms with van der Waals surface area (Å²) in [6.07, 6.45) is 1.66. The average Bonchev–Trinajstić information content (AvgIpc) is 2.48. The predicted molar refractivity (Wildman–Crippen MR) is 85.6 cm³/mol. The summed E-state index contributed by atoms with van der Waals surface area (Å²) in [5.41, 5.74) is 1.38. The van der Waals surface area contributed by atoms with Crippen LogP contribution >= 0.6 is 0 Å². The molecule has 1 aromatic rings. The first-order chi connectivity index (χ1) is 10.1. The van der Waals surface area contributed by atoms with E-state index in [2.05, 4.69) is 24.1 Å².